The SMILES string of the molecule is Cc1ccc(CCC(=O)N2CC(C)NC(C)C2)c(C)c1. The average Bonchev–Trinajstić information content (AvgIpc) is 2.36. The molecule has 110 valence electrons. The molecule has 1 N–H and O–H groups in total. The first-order valence-corrected chi connectivity index (χ1v) is 7.55. The summed E-state index contributed by atoms with van der Waals surface area (Å²) in [6.45, 7) is 10.2. The first-order valence-electron chi connectivity index (χ1n) is 7.55. The molecule has 1 fully saturated rings. The van der Waals surface area contributed by atoms with Crippen molar-refractivity contribution in [2.24, 2.45) is 0 Å². The molecule has 3 heteroatoms. The molecule has 20 heavy (non-hydrogen) atoms. The largest absolute Gasteiger partial charge is 0.340 e. The molecule has 0 saturated carbocycles. The van der Waals surface area contributed by atoms with E-state index in [1.54, 1.807) is 0 Å². The van der Waals surface area contributed by atoms with Crippen molar-refractivity contribution in [3.05, 3.63) is 34.9 Å². The van der Waals surface area contributed by atoms with Crippen LogP contribution >= 0.6 is 0 Å². The van der Waals surface area contributed by atoms with E-state index in [4.69, 9.17) is 0 Å². The second-order valence-electron chi connectivity index (χ2n) is 6.20. The average molecular weight is 274 g/mol. The molecule has 1 aromatic carbocycles. The Morgan fingerprint density at radius 2 is 1.90 bits per heavy atom. The molecule has 1 aliphatic heterocycles. The van der Waals surface area contributed by atoms with Gasteiger partial charge in [0, 0.05) is 31.6 Å². The molecule has 1 heterocycles. The third-order valence-electron chi connectivity index (χ3n) is 4.02. The lowest BCUT2D eigenvalue weighted by Crippen LogP contribution is -2.55. The zero-order valence-electron chi connectivity index (χ0n) is 13.1. The van der Waals surface area contributed by atoms with Gasteiger partial charge in [-0.3, -0.25) is 4.79 Å². The fraction of sp³-hybridized carbons (Fsp3) is 0.588. The molecular weight excluding hydrogens is 248 g/mol. The number of carbonyl (C=O) groups excluding carboxylic acids is 1. The highest BCUT2D eigenvalue weighted by Crippen LogP contribution is 2.14. The van der Waals surface area contributed by atoms with Gasteiger partial charge in [0.25, 0.3) is 0 Å². The highest BCUT2D eigenvalue weighted by atomic mass is 16.2. The smallest absolute Gasteiger partial charge is 0.223 e. The molecule has 2 rings (SSSR count). The Bertz CT molecular complexity index is 474. The molecule has 3 nitrogen and oxygen atoms in total. The molecular formula is C17H26N2O. The van der Waals surface area contributed by atoms with E-state index >= 15 is 0 Å². The van der Waals surface area contributed by atoms with Crippen molar-refractivity contribution in [1.29, 1.82) is 0 Å². The molecule has 1 aliphatic rings. The number of carbonyl (C=O) groups is 1. The first-order chi connectivity index (χ1) is 9.45. The predicted octanol–water partition coefficient (Wildman–Crippen LogP) is 2.44. The number of amides is 1. The summed E-state index contributed by atoms with van der Waals surface area (Å²) in [5, 5.41) is 3.46. The summed E-state index contributed by atoms with van der Waals surface area (Å²) in [4.78, 5) is 14.3. The van der Waals surface area contributed by atoms with Crippen molar-refractivity contribution in [3.63, 3.8) is 0 Å². The van der Waals surface area contributed by atoms with Crippen molar-refractivity contribution in [2.45, 2.75) is 52.6 Å². The van der Waals surface area contributed by atoms with E-state index in [0.717, 1.165) is 19.5 Å². The highest BCUT2D eigenvalue weighted by molar-refractivity contribution is 5.76. The summed E-state index contributed by atoms with van der Waals surface area (Å²) in [5.74, 6) is 0.283. The predicted molar refractivity (Wildman–Crippen MR) is 82.9 cm³/mol. The number of nitrogens with one attached hydrogen (secondary N) is 1. The quantitative estimate of drug-likeness (QED) is 0.918. The van der Waals surface area contributed by atoms with Gasteiger partial charge in [0.1, 0.15) is 0 Å². The van der Waals surface area contributed by atoms with Gasteiger partial charge in [0.15, 0.2) is 0 Å². The Hall–Kier alpha value is -1.35. The van der Waals surface area contributed by atoms with Crippen LogP contribution < -0.4 is 5.32 Å². The minimum Gasteiger partial charge on any atom is -0.340 e. The van der Waals surface area contributed by atoms with Gasteiger partial charge in [-0.1, -0.05) is 23.8 Å². The lowest BCUT2D eigenvalue weighted by atomic mass is 10.0. The van der Waals surface area contributed by atoms with Crippen molar-refractivity contribution >= 4 is 5.91 Å². The number of piperazine rings is 1. The third kappa shape index (κ3) is 3.83. The molecule has 0 aliphatic carbocycles. The Morgan fingerprint density at radius 1 is 1.25 bits per heavy atom. The van der Waals surface area contributed by atoms with Crippen LogP contribution in [-0.4, -0.2) is 36.0 Å². The maximum absolute atomic E-state index is 12.3. The molecule has 0 spiro atoms. The maximum atomic E-state index is 12.3. The van der Waals surface area contributed by atoms with E-state index < -0.39 is 0 Å². The lowest BCUT2D eigenvalue weighted by molar-refractivity contribution is -0.132. The normalized spacial score (nSPS) is 22.9. The van der Waals surface area contributed by atoms with Crippen LogP contribution in [0.3, 0.4) is 0 Å². The Labute approximate surface area is 122 Å². The fourth-order valence-corrected chi connectivity index (χ4v) is 3.06. The van der Waals surface area contributed by atoms with E-state index in [1.807, 2.05) is 4.90 Å². The van der Waals surface area contributed by atoms with E-state index in [2.05, 4.69) is 51.2 Å². The molecule has 1 amide bonds. The van der Waals surface area contributed by atoms with Crippen LogP contribution in [0.25, 0.3) is 0 Å². The molecule has 1 aromatic rings. The van der Waals surface area contributed by atoms with Crippen LogP contribution in [0.15, 0.2) is 18.2 Å². The number of benzene rings is 1. The van der Waals surface area contributed by atoms with Crippen molar-refractivity contribution in [1.82, 2.24) is 10.2 Å². The molecule has 1 saturated heterocycles. The monoisotopic (exact) mass is 274 g/mol. The second-order valence-corrected chi connectivity index (χ2v) is 6.20. The van der Waals surface area contributed by atoms with Gasteiger partial charge in [0.05, 0.1) is 0 Å². The van der Waals surface area contributed by atoms with E-state index in [9.17, 15) is 4.79 Å². The van der Waals surface area contributed by atoms with Crippen LogP contribution in [0, 0.1) is 13.8 Å². The van der Waals surface area contributed by atoms with Crippen LogP contribution in [0.5, 0.6) is 0 Å². The summed E-state index contributed by atoms with van der Waals surface area (Å²) in [6.07, 6.45) is 1.46. The van der Waals surface area contributed by atoms with Crippen LogP contribution in [0.4, 0.5) is 0 Å². The fourth-order valence-electron chi connectivity index (χ4n) is 3.06. The second kappa shape index (κ2) is 6.40. The van der Waals surface area contributed by atoms with E-state index in [-0.39, 0.29) is 5.91 Å². The Balaban J connectivity index is 1.91. The van der Waals surface area contributed by atoms with Gasteiger partial charge < -0.3 is 10.2 Å². The van der Waals surface area contributed by atoms with Gasteiger partial charge in [0.2, 0.25) is 5.91 Å². The number of aryl methyl sites for hydroxylation is 3. The lowest BCUT2D eigenvalue weighted by Gasteiger charge is -2.36. The van der Waals surface area contributed by atoms with Crippen molar-refractivity contribution < 1.29 is 4.79 Å². The van der Waals surface area contributed by atoms with Crippen LogP contribution in [0.2, 0.25) is 0 Å². The third-order valence-corrected chi connectivity index (χ3v) is 4.02. The topological polar surface area (TPSA) is 32.3 Å². The Kier molecular flexibility index (Phi) is 4.81. The minimum absolute atomic E-state index is 0.283. The minimum atomic E-state index is 0.283. The first kappa shape index (κ1) is 15.0. The van der Waals surface area contributed by atoms with Gasteiger partial charge in [-0.15, -0.1) is 0 Å². The zero-order chi connectivity index (χ0) is 14.7. The summed E-state index contributed by atoms with van der Waals surface area (Å²) >= 11 is 0. The van der Waals surface area contributed by atoms with E-state index in [0.29, 0.717) is 18.5 Å². The summed E-state index contributed by atoms with van der Waals surface area (Å²) in [7, 11) is 0. The van der Waals surface area contributed by atoms with E-state index in [1.165, 1.54) is 16.7 Å². The highest BCUT2D eigenvalue weighted by Gasteiger charge is 2.24. The summed E-state index contributed by atoms with van der Waals surface area (Å²) in [5.41, 5.74) is 3.86. The summed E-state index contributed by atoms with van der Waals surface area (Å²) in [6, 6.07) is 7.25. The van der Waals surface area contributed by atoms with Gasteiger partial charge in [-0.2, -0.15) is 0 Å². The zero-order valence-corrected chi connectivity index (χ0v) is 13.1. The number of hydrogen-bond donors (Lipinski definition) is 1. The van der Waals surface area contributed by atoms with Crippen molar-refractivity contribution in [3.8, 4) is 0 Å². The number of hydrogen-bond acceptors (Lipinski definition) is 2. The maximum Gasteiger partial charge on any atom is 0.223 e. The Morgan fingerprint density at radius 3 is 2.50 bits per heavy atom. The molecule has 2 unspecified atom stereocenters. The van der Waals surface area contributed by atoms with Crippen LogP contribution in [0.1, 0.15) is 37.0 Å². The van der Waals surface area contributed by atoms with Gasteiger partial charge in [-0.05, 0) is 45.2 Å². The molecule has 2 atom stereocenters. The standard InChI is InChI=1S/C17H26N2O/c1-12-5-6-16(13(2)9-12)7-8-17(20)19-10-14(3)18-15(4)11-19/h5-6,9,14-15,18H,7-8,10-11H2,1-4H3. The molecule has 0 aromatic heterocycles. The van der Waals surface area contributed by atoms with Crippen molar-refractivity contribution in [2.75, 3.05) is 13.1 Å². The van der Waals surface area contributed by atoms with Crippen LogP contribution in [-0.2, 0) is 11.2 Å². The molecule has 0 radical (unpaired) electrons. The van der Waals surface area contributed by atoms with Gasteiger partial charge >= 0.3 is 0 Å². The number of nitrogens with zero attached hydrogens (tertiary/aromatic N) is 1. The molecule has 0 bridgehead atoms. The summed E-state index contributed by atoms with van der Waals surface area (Å²) < 4.78 is 0. The number of rotatable bonds is 3. The van der Waals surface area contributed by atoms with Gasteiger partial charge in [-0.25, -0.2) is 0 Å².